The Morgan fingerprint density at radius 1 is 1.07 bits per heavy atom. The van der Waals surface area contributed by atoms with Gasteiger partial charge >= 0.3 is 17.3 Å². The summed E-state index contributed by atoms with van der Waals surface area (Å²) < 4.78 is 70.7. The van der Waals surface area contributed by atoms with Crippen molar-refractivity contribution < 1.29 is 39.6 Å². The average Bonchev–Trinajstić information content (AvgIpc) is 3.46. The molecule has 2 N–H and O–H groups in total. The number of hydrogen-bond acceptors (Lipinski definition) is 7. The van der Waals surface area contributed by atoms with Gasteiger partial charge in [-0.2, -0.15) is 17.2 Å². The van der Waals surface area contributed by atoms with E-state index in [4.69, 9.17) is 29.5 Å². The van der Waals surface area contributed by atoms with Crippen molar-refractivity contribution in [2.75, 3.05) is 23.8 Å². The molecule has 5 rings (SSSR count). The van der Waals surface area contributed by atoms with Crippen molar-refractivity contribution in [1.82, 2.24) is 0 Å². The highest BCUT2D eigenvalue weighted by Gasteiger charge is 2.27. The molecule has 214 valence electrons. The smallest absolute Gasteiger partial charge is 0.374 e. The second kappa shape index (κ2) is 12.6. The number of hydrogen-bond donors (Lipinski definition) is 2. The molecule has 1 aliphatic rings. The number of benzene rings is 3. The minimum Gasteiger partial charge on any atom is -0.439 e. The lowest BCUT2D eigenvalue weighted by molar-refractivity contribution is -0.673. The standard InChI is InChI=1S/C28H25ClN2O8S2/c29-22-11-13-26-24(19-22)30(14-5-16-37-40(32)33)27(39-26)8-4-9-28-31(15-17-41(34,35)36)23-18-21(10-12-25(23)38-28)20-6-2-1-3-7-20/h1-4,6-13,18-19H,5,14-17H2,(H-,32,33,34,35,36)/p+1. The van der Waals surface area contributed by atoms with E-state index in [0.29, 0.717) is 46.6 Å². The Morgan fingerprint density at radius 3 is 2.63 bits per heavy atom. The largest absolute Gasteiger partial charge is 0.439 e. The number of aromatic nitrogens is 1. The molecule has 41 heavy (non-hydrogen) atoms. The van der Waals surface area contributed by atoms with E-state index in [9.17, 15) is 17.2 Å². The molecular weight excluding hydrogens is 592 g/mol. The Labute approximate surface area is 244 Å². The Morgan fingerprint density at radius 2 is 1.88 bits per heavy atom. The topological polar surface area (TPSA) is 130 Å². The third-order valence-electron chi connectivity index (χ3n) is 6.29. The molecule has 0 saturated carbocycles. The fourth-order valence-electron chi connectivity index (χ4n) is 4.47. The van der Waals surface area contributed by atoms with Crippen molar-refractivity contribution in [1.29, 1.82) is 0 Å². The lowest BCUT2D eigenvalue weighted by Crippen LogP contribution is -2.38. The molecule has 13 heteroatoms. The van der Waals surface area contributed by atoms with Gasteiger partial charge in [0, 0.05) is 17.6 Å². The van der Waals surface area contributed by atoms with Crippen LogP contribution >= 0.6 is 11.6 Å². The molecule has 3 aromatic carbocycles. The van der Waals surface area contributed by atoms with E-state index in [1.54, 1.807) is 41.0 Å². The van der Waals surface area contributed by atoms with Crippen LogP contribution in [0.3, 0.4) is 0 Å². The third kappa shape index (κ3) is 7.22. The minimum atomic E-state index is -4.22. The number of rotatable bonds is 11. The van der Waals surface area contributed by atoms with Crippen molar-refractivity contribution in [2.24, 2.45) is 0 Å². The maximum absolute atomic E-state index is 11.6. The molecule has 0 bridgehead atoms. The summed E-state index contributed by atoms with van der Waals surface area (Å²) in [5.41, 5.74) is 3.88. The monoisotopic (exact) mass is 617 g/mol. The third-order valence-corrected chi connectivity index (χ3v) is 7.59. The molecule has 1 unspecified atom stereocenters. The zero-order valence-electron chi connectivity index (χ0n) is 21.6. The summed E-state index contributed by atoms with van der Waals surface area (Å²) in [7, 11) is -4.22. The van der Waals surface area contributed by atoms with Gasteiger partial charge in [0.05, 0.1) is 18.4 Å². The zero-order chi connectivity index (χ0) is 29.0. The van der Waals surface area contributed by atoms with Gasteiger partial charge in [0.1, 0.15) is 5.75 Å². The number of ether oxygens (including phenoxy) is 1. The Bertz CT molecular complexity index is 1750. The van der Waals surface area contributed by atoms with Gasteiger partial charge in [-0.15, -0.1) is 0 Å². The molecule has 1 atom stereocenters. The van der Waals surface area contributed by atoms with Gasteiger partial charge in [0.2, 0.25) is 11.5 Å². The van der Waals surface area contributed by atoms with Crippen LogP contribution in [0, 0.1) is 0 Å². The Balaban J connectivity index is 1.46. The van der Waals surface area contributed by atoms with Crippen LogP contribution in [-0.4, -0.2) is 40.6 Å². The maximum atomic E-state index is 11.6. The van der Waals surface area contributed by atoms with E-state index in [0.717, 1.165) is 16.8 Å². The van der Waals surface area contributed by atoms with Gasteiger partial charge in [-0.05, 0) is 54.0 Å². The molecular formula is C28H26ClN2O8S2+. The van der Waals surface area contributed by atoms with Crippen LogP contribution in [0.5, 0.6) is 5.75 Å². The van der Waals surface area contributed by atoms with Crippen molar-refractivity contribution >= 4 is 55.9 Å². The van der Waals surface area contributed by atoms with Crippen molar-refractivity contribution in [3.63, 3.8) is 0 Å². The molecule has 0 radical (unpaired) electrons. The first-order valence-corrected chi connectivity index (χ1v) is 15.5. The van der Waals surface area contributed by atoms with Gasteiger partial charge < -0.3 is 14.1 Å². The highest BCUT2D eigenvalue weighted by atomic mass is 35.5. The quantitative estimate of drug-likeness (QED) is 0.101. The summed E-state index contributed by atoms with van der Waals surface area (Å²) in [6, 6.07) is 20.6. The summed E-state index contributed by atoms with van der Waals surface area (Å²) in [5, 5.41) is 0.527. The molecule has 0 spiro atoms. The van der Waals surface area contributed by atoms with E-state index in [1.807, 2.05) is 53.4 Å². The van der Waals surface area contributed by atoms with Gasteiger partial charge in [-0.3, -0.25) is 13.3 Å². The highest BCUT2D eigenvalue weighted by Crippen LogP contribution is 2.40. The predicted octanol–water partition coefficient (Wildman–Crippen LogP) is 5.23. The molecule has 1 aliphatic heterocycles. The van der Waals surface area contributed by atoms with E-state index < -0.39 is 27.2 Å². The van der Waals surface area contributed by atoms with E-state index in [1.165, 1.54) is 0 Å². The summed E-state index contributed by atoms with van der Waals surface area (Å²) in [6.07, 6.45) is 5.53. The maximum Gasteiger partial charge on any atom is 0.374 e. The fraction of sp³-hybridized carbons (Fsp3) is 0.179. The van der Waals surface area contributed by atoms with Crippen LogP contribution in [0.2, 0.25) is 5.02 Å². The van der Waals surface area contributed by atoms with E-state index in [-0.39, 0.29) is 13.2 Å². The minimum absolute atomic E-state index is 0.0287. The number of anilines is 1. The van der Waals surface area contributed by atoms with Crippen molar-refractivity contribution in [3.05, 3.63) is 95.7 Å². The van der Waals surface area contributed by atoms with Crippen LogP contribution in [0.4, 0.5) is 5.69 Å². The summed E-state index contributed by atoms with van der Waals surface area (Å²) in [6.45, 7) is 0.459. The van der Waals surface area contributed by atoms with Crippen LogP contribution in [-0.2, 0) is 32.2 Å². The van der Waals surface area contributed by atoms with Gasteiger partial charge in [0.15, 0.2) is 12.3 Å². The SMILES string of the molecule is O=S(O)OCCCN1C(=CC=Cc2oc3ccc(-c4ccccc4)cc3[n+]2CCS(=O)(=O)O)Oc2ccc(Cl)cc21. The summed E-state index contributed by atoms with van der Waals surface area (Å²) in [5.74, 6) is 0.962. The van der Waals surface area contributed by atoms with Crippen LogP contribution in [0.1, 0.15) is 12.3 Å². The van der Waals surface area contributed by atoms with E-state index in [2.05, 4.69) is 0 Å². The normalized spacial score (nSPS) is 15.1. The number of halogens is 1. The van der Waals surface area contributed by atoms with Crippen molar-refractivity contribution in [3.8, 4) is 16.9 Å². The second-order valence-corrected chi connectivity index (χ2v) is 11.7. The number of fused-ring (bicyclic) bond motifs is 2. The van der Waals surface area contributed by atoms with Crippen LogP contribution in [0.15, 0.2) is 89.2 Å². The first-order chi connectivity index (χ1) is 19.7. The fourth-order valence-corrected chi connectivity index (χ4v) is 5.31. The molecule has 0 amide bonds. The average molecular weight is 618 g/mol. The number of oxazole rings is 1. The molecule has 4 aromatic rings. The van der Waals surface area contributed by atoms with Gasteiger partial charge in [-0.25, -0.2) is 0 Å². The lowest BCUT2D eigenvalue weighted by atomic mass is 10.1. The van der Waals surface area contributed by atoms with Gasteiger partial charge in [0.25, 0.3) is 15.6 Å². The first kappa shape index (κ1) is 29.0. The number of aryl methyl sites for hydroxylation is 1. The Kier molecular flexibility index (Phi) is 8.88. The van der Waals surface area contributed by atoms with Crippen LogP contribution < -0.4 is 14.2 Å². The molecule has 0 fully saturated rings. The first-order valence-electron chi connectivity index (χ1n) is 12.5. The molecule has 0 saturated heterocycles. The molecule has 2 heterocycles. The predicted molar refractivity (Wildman–Crippen MR) is 156 cm³/mol. The molecule has 10 nitrogen and oxygen atoms in total. The van der Waals surface area contributed by atoms with Crippen LogP contribution in [0.25, 0.3) is 28.3 Å². The number of nitrogens with zero attached hydrogens (tertiary/aromatic N) is 2. The lowest BCUT2D eigenvalue weighted by Gasteiger charge is -2.17. The van der Waals surface area contributed by atoms with Gasteiger partial charge in [-0.1, -0.05) is 48.0 Å². The van der Waals surface area contributed by atoms with Crippen molar-refractivity contribution in [2.45, 2.75) is 13.0 Å². The summed E-state index contributed by atoms with van der Waals surface area (Å²) >= 11 is 3.86. The molecule has 1 aromatic heterocycles. The molecule has 0 aliphatic carbocycles. The van der Waals surface area contributed by atoms with E-state index >= 15 is 0 Å². The highest BCUT2D eigenvalue weighted by molar-refractivity contribution is 7.85. The summed E-state index contributed by atoms with van der Waals surface area (Å²) in [4.78, 5) is 1.87. The zero-order valence-corrected chi connectivity index (χ0v) is 23.9. The second-order valence-electron chi connectivity index (χ2n) is 9.05. The Hall–Kier alpha value is -3.52. The number of allylic oxidation sites excluding steroid dienone is 2.